The summed E-state index contributed by atoms with van der Waals surface area (Å²) in [5, 5.41) is 0. The van der Waals surface area contributed by atoms with E-state index in [0.717, 1.165) is 25.0 Å². The van der Waals surface area contributed by atoms with Gasteiger partial charge in [0.25, 0.3) is 0 Å². The van der Waals surface area contributed by atoms with Crippen LogP contribution in [0, 0.1) is 0 Å². The van der Waals surface area contributed by atoms with Crippen LogP contribution in [0.15, 0.2) is 36.1 Å². The molecule has 0 spiro atoms. The molecular weight excluding hydrogens is 184 g/mol. The van der Waals surface area contributed by atoms with Gasteiger partial charge in [-0.2, -0.15) is 0 Å². The van der Waals surface area contributed by atoms with Gasteiger partial charge in [-0.25, -0.2) is 0 Å². The molecule has 0 saturated carbocycles. The van der Waals surface area contributed by atoms with E-state index >= 15 is 0 Å². The molecule has 15 heavy (non-hydrogen) atoms. The Morgan fingerprint density at radius 2 is 1.87 bits per heavy atom. The fourth-order valence-electron chi connectivity index (χ4n) is 1.17. The van der Waals surface area contributed by atoms with Gasteiger partial charge in [0.2, 0.25) is 0 Å². The average molecular weight is 208 g/mol. The van der Waals surface area contributed by atoms with Gasteiger partial charge >= 0.3 is 0 Å². The molecule has 0 atom stereocenters. The molecule has 1 heteroatoms. The second-order valence-electron chi connectivity index (χ2n) is 4.06. The van der Waals surface area contributed by atoms with Crippen molar-refractivity contribution in [2.75, 3.05) is 6.61 Å². The zero-order valence-corrected chi connectivity index (χ0v) is 10.4. The van der Waals surface area contributed by atoms with Gasteiger partial charge in [0.15, 0.2) is 0 Å². The SMILES string of the molecule is C=C(C)CCC/C(C)=C/COC(=C)CC. The van der Waals surface area contributed by atoms with Crippen molar-refractivity contribution >= 4 is 0 Å². The van der Waals surface area contributed by atoms with Crippen LogP contribution >= 0.6 is 0 Å². The van der Waals surface area contributed by atoms with Crippen molar-refractivity contribution in [2.45, 2.75) is 46.5 Å². The molecule has 0 aromatic heterocycles. The zero-order valence-electron chi connectivity index (χ0n) is 10.4. The largest absolute Gasteiger partial charge is 0.495 e. The summed E-state index contributed by atoms with van der Waals surface area (Å²) < 4.78 is 5.40. The molecule has 0 rings (SSSR count). The van der Waals surface area contributed by atoms with Crippen LogP contribution in [0.4, 0.5) is 0 Å². The number of ether oxygens (including phenoxy) is 1. The van der Waals surface area contributed by atoms with Crippen LogP contribution < -0.4 is 0 Å². The molecule has 86 valence electrons. The fraction of sp³-hybridized carbons (Fsp3) is 0.571. The summed E-state index contributed by atoms with van der Waals surface area (Å²) >= 11 is 0. The predicted octanol–water partition coefficient (Wildman–Crippen LogP) is 4.62. The average Bonchev–Trinajstić information content (AvgIpc) is 2.17. The number of allylic oxidation sites excluding steroid dienone is 3. The van der Waals surface area contributed by atoms with Crippen molar-refractivity contribution in [1.82, 2.24) is 0 Å². The Kier molecular flexibility index (Phi) is 7.79. The first kappa shape index (κ1) is 14.0. The number of rotatable bonds is 8. The minimum atomic E-state index is 0.658. The minimum Gasteiger partial charge on any atom is -0.495 e. The summed E-state index contributed by atoms with van der Waals surface area (Å²) in [6.45, 7) is 14.6. The second kappa shape index (κ2) is 8.34. The van der Waals surface area contributed by atoms with Gasteiger partial charge in [-0.15, -0.1) is 6.58 Å². The Morgan fingerprint density at radius 3 is 2.40 bits per heavy atom. The van der Waals surface area contributed by atoms with E-state index in [-0.39, 0.29) is 0 Å². The molecule has 0 amide bonds. The van der Waals surface area contributed by atoms with Crippen molar-refractivity contribution in [3.05, 3.63) is 36.1 Å². The molecule has 0 aliphatic carbocycles. The van der Waals surface area contributed by atoms with E-state index in [1.54, 1.807) is 0 Å². The Balaban J connectivity index is 3.60. The lowest BCUT2D eigenvalue weighted by Crippen LogP contribution is -1.91. The summed E-state index contributed by atoms with van der Waals surface area (Å²) in [7, 11) is 0. The first-order chi connectivity index (χ1) is 7.06. The molecule has 0 aliphatic heterocycles. The molecular formula is C14H24O. The van der Waals surface area contributed by atoms with Crippen LogP contribution in [0.5, 0.6) is 0 Å². The molecule has 0 unspecified atom stereocenters. The summed E-state index contributed by atoms with van der Waals surface area (Å²) in [4.78, 5) is 0. The van der Waals surface area contributed by atoms with Crippen molar-refractivity contribution in [2.24, 2.45) is 0 Å². The highest BCUT2D eigenvalue weighted by molar-refractivity contribution is 5.00. The first-order valence-electron chi connectivity index (χ1n) is 5.66. The highest BCUT2D eigenvalue weighted by atomic mass is 16.5. The summed E-state index contributed by atoms with van der Waals surface area (Å²) in [5.74, 6) is 0.862. The standard InChI is InChI=1S/C14H24O/c1-6-14(5)15-11-10-13(4)9-7-8-12(2)3/h10H,2,5-9,11H2,1,3-4H3/b13-10+. The van der Waals surface area contributed by atoms with Crippen LogP contribution in [-0.4, -0.2) is 6.61 Å². The minimum absolute atomic E-state index is 0.658. The molecule has 0 fully saturated rings. The summed E-state index contributed by atoms with van der Waals surface area (Å²) in [6.07, 6.45) is 6.47. The maximum absolute atomic E-state index is 5.40. The Bertz CT molecular complexity index is 236. The normalized spacial score (nSPS) is 11.3. The molecule has 0 aromatic carbocycles. The van der Waals surface area contributed by atoms with Crippen LogP contribution in [0.3, 0.4) is 0 Å². The van der Waals surface area contributed by atoms with E-state index in [0.29, 0.717) is 6.61 Å². The highest BCUT2D eigenvalue weighted by Crippen LogP contribution is 2.10. The maximum Gasteiger partial charge on any atom is 0.106 e. The van der Waals surface area contributed by atoms with Crippen LogP contribution in [0.2, 0.25) is 0 Å². The molecule has 1 nitrogen and oxygen atoms in total. The molecule has 0 aromatic rings. The first-order valence-corrected chi connectivity index (χ1v) is 5.66. The Morgan fingerprint density at radius 1 is 1.20 bits per heavy atom. The van der Waals surface area contributed by atoms with Gasteiger partial charge in [-0.05, 0) is 39.2 Å². The predicted molar refractivity (Wildman–Crippen MR) is 67.8 cm³/mol. The van der Waals surface area contributed by atoms with Crippen molar-refractivity contribution in [3.63, 3.8) is 0 Å². The molecule has 0 N–H and O–H groups in total. The van der Waals surface area contributed by atoms with Gasteiger partial charge < -0.3 is 4.74 Å². The summed E-state index contributed by atoms with van der Waals surface area (Å²) in [6, 6.07) is 0. The van der Waals surface area contributed by atoms with Gasteiger partial charge in [-0.3, -0.25) is 0 Å². The lowest BCUT2D eigenvalue weighted by Gasteiger charge is -2.05. The third-order valence-corrected chi connectivity index (χ3v) is 2.29. The molecule has 0 bridgehead atoms. The Labute approximate surface area is 94.5 Å². The third kappa shape index (κ3) is 9.33. The van der Waals surface area contributed by atoms with Crippen molar-refractivity contribution in [1.29, 1.82) is 0 Å². The zero-order chi connectivity index (χ0) is 11.7. The molecule has 0 saturated heterocycles. The third-order valence-electron chi connectivity index (χ3n) is 2.29. The van der Waals surface area contributed by atoms with Crippen LogP contribution in [0.1, 0.15) is 46.5 Å². The van der Waals surface area contributed by atoms with Gasteiger partial charge in [0.05, 0.1) is 5.76 Å². The topological polar surface area (TPSA) is 9.23 Å². The van der Waals surface area contributed by atoms with E-state index in [4.69, 9.17) is 4.74 Å². The highest BCUT2D eigenvalue weighted by Gasteiger charge is 1.93. The van der Waals surface area contributed by atoms with Crippen LogP contribution in [-0.2, 0) is 4.74 Å². The van der Waals surface area contributed by atoms with Gasteiger partial charge in [-0.1, -0.05) is 24.6 Å². The van der Waals surface area contributed by atoms with E-state index < -0.39 is 0 Å². The quantitative estimate of drug-likeness (QED) is 0.418. The van der Waals surface area contributed by atoms with E-state index in [9.17, 15) is 0 Å². The monoisotopic (exact) mass is 208 g/mol. The lowest BCUT2D eigenvalue weighted by atomic mass is 10.1. The Hall–Kier alpha value is -0.980. The lowest BCUT2D eigenvalue weighted by molar-refractivity contribution is 0.240. The van der Waals surface area contributed by atoms with Crippen LogP contribution in [0.25, 0.3) is 0 Å². The molecule has 0 aliphatic rings. The van der Waals surface area contributed by atoms with Crippen molar-refractivity contribution < 1.29 is 4.74 Å². The smallest absolute Gasteiger partial charge is 0.106 e. The number of hydrogen-bond acceptors (Lipinski definition) is 1. The van der Waals surface area contributed by atoms with Gasteiger partial charge in [0, 0.05) is 6.42 Å². The maximum atomic E-state index is 5.40. The van der Waals surface area contributed by atoms with E-state index in [1.165, 1.54) is 17.6 Å². The molecule has 0 heterocycles. The van der Waals surface area contributed by atoms with E-state index in [2.05, 4.69) is 33.1 Å². The summed E-state index contributed by atoms with van der Waals surface area (Å²) in [5.41, 5.74) is 2.65. The van der Waals surface area contributed by atoms with Crippen molar-refractivity contribution in [3.8, 4) is 0 Å². The van der Waals surface area contributed by atoms with E-state index in [1.807, 2.05) is 6.92 Å². The fourth-order valence-corrected chi connectivity index (χ4v) is 1.17. The molecule has 0 radical (unpaired) electrons. The second-order valence-corrected chi connectivity index (χ2v) is 4.06. The van der Waals surface area contributed by atoms with Gasteiger partial charge in [0.1, 0.15) is 6.61 Å². The number of hydrogen-bond donors (Lipinski definition) is 0.